The first-order valence-electron chi connectivity index (χ1n) is 3.82. The lowest BCUT2D eigenvalue weighted by molar-refractivity contribution is -0.155. The molecule has 9 heteroatoms. The molecule has 1 amide bonds. The first kappa shape index (κ1) is 13.5. The summed E-state index contributed by atoms with van der Waals surface area (Å²) < 4.78 is 36.8. The molecule has 15 heavy (non-hydrogen) atoms. The van der Waals surface area contributed by atoms with Crippen LogP contribution in [-0.4, -0.2) is 36.2 Å². The van der Waals surface area contributed by atoms with Gasteiger partial charge in [-0.05, 0) is 0 Å². The summed E-state index contributed by atoms with van der Waals surface area (Å²) in [5.74, 6) is -3.92. The second-order valence-corrected chi connectivity index (χ2v) is 2.72. The van der Waals surface area contributed by atoms with Gasteiger partial charge < -0.3 is 22.0 Å². The molecule has 0 saturated carbocycles. The maximum absolute atomic E-state index is 12.3. The lowest BCUT2D eigenvalue weighted by atomic mass is 10.1. The number of oxime groups is 1. The first-order chi connectivity index (χ1) is 6.79. The van der Waals surface area contributed by atoms with Crippen molar-refractivity contribution in [3.8, 4) is 0 Å². The molecule has 0 aromatic heterocycles. The molecule has 0 fully saturated rings. The van der Waals surface area contributed by atoms with Gasteiger partial charge in [-0.25, -0.2) is 0 Å². The molecule has 0 aliphatic carbocycles. The highest BCUT2D eigenvalue weighted by molar-refractivity contribution is 5.83. The van der Waals surface area contributed by atoms with Crippen LogP contribution in [0.3, 0.4) is 0 Å². The Hall–Kier alpha value is -1.51. The van der Waals surface area contributed by atoms with Gasteiger partial charge in [-0.2, -0.15) is 13.2 Å². The summed E-state index contributed by atoms with van der Waals surface area (Å²) in [5.41, 5.74) is 9.55. The number of alkyl halides is 3. The van der Waals surface area contributed by atoms with Gasteiger partial charge >= 0.3 is 6.18 Å². The van der Waals surface area contributed by atoms with Gasteiger partial charge in [0.05, 0.1) is 6.54 Å². The zero-order chi connectivity index (χ0) is 12.1. The molecule has 1 unspecified atom stereocenters. The molecule has 0 bridgehead atoms. The predicted octanol–water partition coefficient (Wildman–Crippen LogP) is -1.01. The summed E-state index contributed by atoms with van der Waals surface area (Å²) in [4.78, 5) is 10.2. The summed E-state index contributed by atoms with van der Waals surface area (Å²) in [6, 6.07) is 0. The van der Waals surface area contributed by atoms with E-state index < -0.39 is 36.9 Å². The third-order valence-electron chi connectivity index (χ3n) is 1.52. The number of hydrogen-bond donors (Lipinski definition) is 4. The Kier molecular flexibility index (Phi) is 4.85. The number of carbonyl (C=O) groups excluding carboxylic acids is 1. The van der Waals surface area contributed by atoms with Gasteiger partial charge in [-0.15, -0.1) is 0 Å². The SMILES string of the molecule is NC(=O)CNCC(C(N)=NO)C(F)(F)F. The fourth-order valence-electron chi connectivity index (χ4n) is 0.797. The zero-order valence-corrected chi connectivity index (χ0v) is 7.58. The first-order valence-corrected chi connectivity index (χ1v) is 3.82. The Labute approximate surface area is 83.1 Å². The van der Waals surface area contributed by atoms with E-state index in [0.717, 1.165) is 0 Å². The van der Waals surface area contributed by atoms with Crippen LogP contribution in [0, 0.1) is 5.92 Å². The molecule has 6 nitrogen and oxygen atoms in total. The van der Waals surface area contributed by atoms with E-state index in [2.05, 4.69) is 10.5 Å². The van der Waals surface area contributed by atoms with Gasteiger partial charge in [0.15, 0.2) is 5.84 Å². The van der Waals surface area contributed by atoms with Gasteiger partial charge in [0, 0.05) is 6.54 Å². The third kappa shape index (κ3) is 5.05. The van der Waals surface area contributed by atoms with Gasteiger partial charge in [0.25, 0.3) is 0 Å². The van der Waals surface area contributed by atoms with E-state index in [4.69, 9.17) is 16.7 Å². The van der Waals surface area contributed by atoms with Crippen LogP contribution in [0.25, 0.3) is 0 Å². The average molecular weight is 228 g/mol. The number of halogens is 3. The number of amides is 1. The van der Waals surface area contributed by atoms with Crippen LogP contribution in [0.1, 0.15) is 0 Å². The van der Waals surface area contributed by atoms with Crippen molar-refractivity contribution in [3.05, 3.63) is 0 Å². The van der Waals surface area contributed by atoms with Gasteiger partial charge in [0.1, 0.15) is 5.92 Å². The minimum Gasteiger partial charge on any atom is -0.409 e. The second-order valence-electron chi connectivity index (χ2n) is 2.72. The lowest BCUT2D eigenvalue weighted by Gasteiger charge is -2.18. The Bertz CT molecular complexity index is 253. The molecule has 1 atom stereocenters. The number of nitrogens with zero attached hydrogens (tertiary/aromatic N) is 1. The summed E-state index contributed by atoms with van der Waals surface area (Å²) in [7, 11) is 0. The van der Waals surface area contributed by atoms with E-state index >= 15 is 0 Å². The zero-order valence-electron chi connectivity index (χ0n) is 7.58. The molecule has 0 spiro atoms. The number of carbonyl (C=O) groups is 1. The molecular weight excluding hydrogens is 217 g/mol. The molecule has 0 aromatic rings. The minimum atomic E-state index is -4.65. The molecule has 0 saturated heterocycles. The number of nitrogens with one attached hydrogen (secondary N) is 1. The van der Waals surface area contributed by atoms with E-state index in [9.17, 15) is 18.0 Å². The largest absolute Gasteiger partial charge is 0.409 e. The molecule has 0 radical (unpaired) electrons. The summed E-state index contributed by atoms with van der Waals surface area (Å²) in [6.45, 7) is -1.09. The third-order valence-corrected chi connectivity index (χ3v) is 1.52. The summed E-state index contributed by atoms with van der Waals surface area (Å²) in [6.07, 6.45) is -4.65. The van der Waals surface area contributed by atoms with Crippen molar-refractivity contribution in [3.63, 3.8) is 0 Å². The number of primary amides is 1. The molecule has 0 aliphatic rings. The maximum atomic E-state index is 12.3. The molecule has 0 aliphatic heterocycles. The van der Waals surface area contributed by atoms with Crippen molar-refractivity contribution in [1.29, 1.82) is 0 Å². The number of hydrogen-bond acceptors (Lipinski definition) is 4. The number of nitrogens with two attached hydrogens (primary N) is 2. The van der Waals surface area contributed by atoms with Gasteiger partial charge in [0.2, 0.25) is 5.91 Å². The van der Waals surface area contributed by atoms with E-state index in [1.54, 1.807) is 0 Å². The van der Waals surface area contributed by atoms with Crippen molar-refractivity contribution in [2.75, 3.05) is 13.1 Å². The summed E-state index contributed by atoms with van der Waals surface area (Å²) >= 11 is 0. The Morgan fingerprint density at radius 3 is 2.33 bits per heavy atom. The second kappa shape index (κ2) is 5.39. The van der Waals surface area contributed by atoms with Crippen molar-refractivity contribution < 1.29 is 23.2 Å². The fourth-order valence-corrected chi connectivity index (χ4v) is 0.797. The van der Waals surface area contributed by atoms with E-state index in [-0.39, 0.29) is 0 Å². The Balaban J connectivity index is 4.34. The highest BCUT2D eigenvalue weighted by Gasteiger charge is 2.42. The van der Waals surface area contributed by atoms with Gasteiger partial charge in [-0.3, -0.25) is 4.79 Å². The molecule has 88 valence electrons. The summed E-state index contributed by atoms with van der Waals surface area (Å²) in [5, 5.41) is 12.5. The van der Waals surface area contributed by atoms with Crippen LogP contribution in [0.5, 0.6) is 0 Å². The topological polar surface area (TPSA) is 114 Å². The smallest absolute Gasteiger partial charge is 0.400 e. The van der Waals surface area contributed by atoms with Crippen molar-refractivity contribution >= 4 is 11.7 Å². The number of amidine groups is 1. The molecule has 0 heterocycles. The van der Waals surface area contributed by atoms with E-state index in [1.165, 1.54) is 0 Å². The standard InChI is InChI=1S/C6H11F3N4O2/c7-6(8,9)3(5(11)13-15)1-12-2-4(10)14/h3,12,15H,1-2H2,(H2,10,14)(H2,11,13). The quantitative estimate of drug-likeness (QED) is 0.209. The monoisotopic (exact) mass is 228 g/mol. The number of rotatable bonds is 5. The van der Waals surface area contributed by atoms with Crippen molar-refractivity contribution in [2.24, 2.45) is 22.5 Å². The Morgan fingerprint density at radius 1 is 1.47 bits per heavy atom. The predicted molar refractivity (Wildman–Crippen MR) is 45.0 cm³/mol. The highest BCUT2D eigenvalue weighted by Crippen LogP contribution is 2.25. The van der Waals surface area contributed by atoms with Crippen LogP contribution in [0.4, 0.5) is 13.2 Å². The van der Waals surface area contributed by atoms with Crippen molar-refractivity contribution in [2.45, 2.75) is 6.18 Å². The van der Waals surface area contributed by atoms with Gasteiger partial charge in [-0.1, -0.05) is 5.16 Å². The highest BCUT2D eigenvalue weighted by atomic mass is 19.4. The van der Waals surface area contributed by atoms with Crippen LogP contribution < -0.4 is 16.8 Å². The maximum Gasteiger partial charge on any atom is 0.400 e. The molecule has 6 N–H and O–H groups in total. The fraction of sp³-hybridized carbons (Fsp3) is 0.667. The van der Waals surface area contributed by atoms with Crippen LogP contribution in [0.2, 0.25) is 0 Å². The molecule has 0 rings (SSSR count). The normalized spacial score (nSPS) is 15.0. The van der Waals surface area contributed by atoms with Crippen LogP contribution in [-0.2, 0) is 4.79 Å². The van der Waals surface area contributed by atoms with Crippen LogP contribution >= 0.6 is 0 Å². The lowest BCUT2D eigenvalue weighted by Crippen LogP contribution is -2.44. The minimum absolute atomic E-state index is 0.411. The van der Waals surface area contributed by atoms with Crippen LogP contribution in [0.15, 0.2) is 5.16 Å². The van der Waals surface area contributed by atoms with E-state index in [0.29, 0.717) is 0 Å². The van der Waals surface area contributed by atoms with Crippen molar-refractivity contribution in [1.82, 2.24) is 5.32 Å². The molecule has 0 aromatic carbocycles. The van der Waals surface area contributed by atoms with E-state index in [1.807, 2.05) is 0 Å². The molecular formula is C6H11F3N4O2. The average Bonchev–Trinajstić information content (AvgIpc) is 2.09. The Morgan fingerprint density at radius 2 is 2.00 bits per heavy atom.